The Balaban J connectivity index is 2.49. The van der Waals surface area contributed by atoms with Crippen LogP contribution in [0.1, 0.15) is 23.6 Å². The van der Waals surface area contributed by atoms with Gasteiger partial charge in [-0.25, -0.2) is 0 Å². The molecular formula is C15H24N2O. The molecule has 18 heavy (non-hydrogen) atoms. The molecule has 1 N–H and O–H groups in total. The number of hydrogen-bond acceptors (Lipinski definition) is 2. The van der Waals surface area contributed by atoms with E-state index in [1.807, 2.05) is 14.0 Å². The number of carbonyl (C=O) groups excluding carboxylic acids is 1. The fourth-order valence-corrected chi connectivity index (χ4v) is 1.85. The predicted octanol–water partition coefficient (Wildman–Crippen LogP) is 1.91. The Morgan fingerprint density at radius 2 is 2.06 bits per heavy atom. The van der Waals surface area contributed by atoms with Gasteiger partial charge in [0, 0.05) is 13.6 Å². The van der Waals surface area contributed by atoms with Crippen LogP contribution in [0.25, 0.3) is 0 Å². The first-order valence-corrected chi connectivity index (χ1v) is 6.55. The van der Waals surface area contributed by atoms with Crippen LogP contribution in [0.3, 0.4) is 0 Å². The van der Waals surface area contributed by atoms with Crippen molar-refractivity contribution >= 4 is 5.91 Å². The highest BCUT2D eigenvalue weighted by Gasteiger charge is 2.08. The van der Waals surface area contributed by atoms with Crippen LogP contribution in [-0.2, 0) is 11.2 Å². The van der Waals surface area contributed by atoms with Crippen molar-refractivity contribution in [3.05, 3.63) is 34.9 Å². The molecule has 100 valence electrons. The minimum atomic E-state index is 0.155. The van der Waals surface area contributed by atoms with Gasteiger partial charge in [-0.3, -0.25) is 4.79 Å². The number of carbonyl (C=O) groups is 1. The molecule has 1 aromatic carbocycles. The van der Waals surface area contributed by atoms with Crippen LogP contribution >= 0.6 is 0 Å². The summed E-state index contributed by atoms with van der Waals surface area (Å²) in [5.41, 5.74) is 3.91. The van der Waals surface area contributed by atoms with Crippen molar-refractivity contribution in [2.75, 3.05) is 26.7 Å². The van der Waals surface area contributed by atoms with Crippen LogP contribution in [0.2, 0.25) is 0 Å². The molecule has 0 aliphatic rings. The third-order valence-electron chi connectivity index (χ3n) is 3.17. The van der Waals surface area contributed by atoms with E-state index in [2.05, 4.69) is 37.4 Å². The first kappa shape index (κ1) is 14.7. The molecule has 0 fully saturated rings. The zero-order chi connectivity index (χ0) is 13.5. The van der Waals surface area contributed by atoms with Crippen molar-refractivity contribution in [1.82, 2.24) is 10.2 Å². The molecule has 0 heterocycles. The number of benzene rings is 1. The second-order valence-corrected chi connectivity index (χ2v) is 4.78. The minimum absolute atomic E-state index is 0.155. The summed E-state index contributed by atoms with van der Waals surface area (Å²) in [4.78, 5) is 13.5. The van der Waals surface area contributed by atoms with Gasteiger partial charge < -0.3 is 10.2 Å². The lowest BCUT2D eigenvalue weighted by molar-refractivity contribution is -0.128. The van der Waals surface area contributed by atoms with Crippen molar-refractivity contribution in [2.24, 2.45) is 0 Å². The standard InChI is InChI=1S/C15H24N2O/c1-5-16-11-15(18)17(4)9-8-14-10-12(2)6-7-13(14)3/h6-7,10,16H,5,8-9,11H2,1-4H3. The van der Waals surface area contributed by atoms with Gasteiger partial charge in [-0.05, 0) is 37.9 Å². The van der Waals surface area contributed by atoms with E-state index in [1.165, 1.54) is 16.7 Å². The summed E-state index contributed by atoms with van der Waals surface area (Å²) in [6.07, 6.45) is 0.919. The average Bonchev–Trinajstić information content (AvgIpc) is 2.36. The number of nitrogens with one attached hydrogen (secondary N) is 1. The Morgan fingerprint density at radius 3 is 2.72 bits per heavy atom. The summed E-state index contributed by atoms with van der Waals surface area (Å²) in [5, 5.41) is 3.06. The fraction of sp³-hybridized carbons (Fsp3) is 0.533. The van der Waals surface area contributed by atoms with E-state index in [0.29, 0.717) is 6.54 Å². The smallest absolute Gasteiger partial charge is 0.236 e. The third kappa shape index (κ3) is 4.49. The molecule has 0 saturated carbocycles. The zero-order valence-corrected chi connectivity index (χ0v) is 11.9. The highest BCUT2D eigenvalue weighted by atomic mass is 16.2. The lowest BCUT2D eigenvalue weighted by Gasteiger charge is -2.18. The molecule has 1 amide bonds. The number of rotatable bonds is 6. The van der Waals surface area contributed by atoms with Crippen LogP contribution in [0, 0.1) is 13.8 Å². The first-order chi connectivity index (χ1) is 8.54. The predicted molar refractivity (Wildman–Crippen MR) is 75.8 cm³/mol. The Kier molecular flexibility index (Phi) is 5.86. The van der Waals surface area contributed by atoms with E-state index >= 15 is 0 Å². The Bertz CT molecular complexity index is 401. The van der Waals surface area contributed by atoms with E-state index in [0.717, 1.165) is 19.5 Å². The molecule has 1 rings (SSSR count). The molecule has 0 unspecified atom stereocenters. The summed E-state index contributed by atoms with van der Waals surface area (Å²) in [5.74, 6) is 0.155. The molecule has 0 aliphatic heterocycles. The highest BCUT2D eigenvalue weighted by Crippen LogP contribution is 2.11. The first-order valence-electron chi connectivity index (χ1n) is 6.55. The molecule has 3 heteroatoms. The van der Waals surface area contributed by atoms with Crippen LogP contribution in [0.5, 0.6) is 0 Å². The summed E-state index contributed by atoms with van der Waals surface area (Å²) in [6, 6.07) is 6.47. The van der Waals surface area contributed by atoms with Gasteiger partial charge in [-0.2, -0.15) is 0 Å². The topological polar surface area (TPSA) is 32.3 Å². The molecule has 0 radical (unpaired) electrons. The Hall–Kier alpha value is -1.35. The molecule has 3 nitrogen and oxygen atoms in total. The largest absolute Gasteiger partial charge is 0.344 e. The van der Waals surface area contributed by atoms with Crippen molar-refractivity contribution < 1.29 is 4.79 Å². The van der Waals surface area contributed by atoms with Gasteiger partial charge in [-0.15, -0.1) is 0 Å². The minimum Gasteiger partial charge on any atom is -0.344 e. The fourth-order valence-electron chi connectivity index (χ4n) is 1.85. The van der Waals surface area contributed by atoms with E-state index in [1.54, 1.807) is 4.90 Å². The quantitative estimate of drug-likeness (QED) is 0.834. The van der Waals surface area contributed by atoms with Gasteiger partial charge in [0.25, 0.3) is 0 Å². The average molecular weight is 248 g/mol. The summed E-state index contributed by atoms with van der Waals surface area (Å²) >= 11 is 0. The van der Waals surface area contributed by atoms with Crippen molar-refractivity contribution in [3.8, 4) is 0 Å². The van der Waals surface area contributed by atoms with Crippen LogP contribution in [-0.4, -0.2) is 37.5 Å². The van der Waals surface area contributed by atoms with Crippen molar-refractivity contribution in [3.63, 3.8) is 0 Å². The van der Waals surface area contributed by atoms with Crippen LogP contribution in [0.15, 0.2) is 18.2 Å². The summed E-state index contributed by atoms with van der Waals surface area (Å²) in [7, 11) is 1.87. The Morgan fingerprint density at radius 1 is 1.33 bits per heavy atom. The molecule has 0 saturated heterocycles. The van der Waals surface area contributed by atoms with E-state index in [9.17, 15) is 4.79 Å². The highest BCUT2D eigenvalue weighted by molar-refractivity contribution is 5.77. The second kappa shape index (κ2) is 7.17. The van der Waals surface area contributed by atoms with Gasteiger partial charge in [0.2, 0.25) is 5.91 Å². The lowest BCUT2D eigenvalue weighted by atomic mass is 10.0. The summed E-state index contributed by atoms with van der Waals surface area (Å²) < 4.78 is 0. The van der Waals surface area contributed by atoms with Crippen molar-refractivity contribution in [2.45, 2.75) is 27.2 Å². The Labute approximate surface area is 110 Å². The second-order valence-electron chi connectivity index (χ2n) is 4.78. The maximum absolute atomic E-state index is 11.7. The zero-order valence-electron chi connectivity index (χ0n) is 11.9. The molecule has 0 aromatic heterocycles. The van der Waals surface area contributed by atoms with E-state index in [-0.39, 0.29) is 5.91 Å². The van der Waals surface area contributed by atoms with Gasteiger partial charge in [0.15, 0.2) is 0 Å². The maximum Gasteiger partial charge on any atom is 0.236 e. The van der Waals surface area contributed by atoms with E-state index in [4.69, 9.17) is 0 Å². The van der Waals surface area contributed by atoms with Crippen molar-refractivity contribution in [1.29, 1.82) is 0 Å². The molecular weight excluding hydrogens is 224 g/mol. The molecule has 0 bridgehead atoms. The van der Waals surface area contributed by atoms with Crippen LogP contribution < -0.4 is 5.32 Å². The lowest BCUT2D eigenvalue weighted by Crippen LogP contribution is -2.36. The molecule has 1 aromatic rings. The van der Waals surface area contributed by atoms with Gasteiger partial charge in [-0.1, -0.05) is 30.7 Å². The number of hydrogen-bond donors (Lipinski definition) is 1. The molecule has 0 spiro atoms. The molecule has 0 atom stereocenters. The normalized spacial score (nSPS) is 10.4. The summed E-state index contributed by atoms with van der Waals surface area (Å²) in [6.45, 7) is 8.26. The van der Waals surface area contributed by atoms with Gasteiger partial charge >= 0.3 is 0 Å². The number of nitrogens with zero attached hydrogens (tertiary/aromatic N) is 1. The van der Waals surface area contributed by atoms with Gasteiger partial charge in [0.1, 0.15) is 0 Å². The number of amides is 1. The van der Waals surface area contributed by atoms with Gasteiger partial charge in [0.05, 0.1) is 6.54 Å². The SMILES string of the molecule is CCNCC(=O)N(C)CCc1cc(C)ccc1C. The number of aryl methyl sites for hydroxylation is 2. The van der Waals surface area contributed by atoms with Crippen LogP contribution in [0.4, 0.5) is 0 Å². The third-order valence-corrected chi connectivity index (χ3v) is 3.17. The molecule has 0 aliphatic carbocycles. The monoisotopic (exact) mass is 248 g/mol. The van der Waals surface area contributed by atoms with E-state index < -0.39 is 0 Å². The number of likely N-dealkylation sites (N-methyl/N-ethyl adjacent to an activating group) is 2. The maximum atomic E-state index is 11.7.